The number of halogens is 2. The lowest BCUT2D eigenvalue weighted by Crippen LogP contribution is -2.14. The molecule has 0 bridgehead atoms. The number of hydrogen-bond acceptors (Lipinski definition) is 3. The van der Waals surface area contributed by atoms with Crippen molar-refractivity contribution < 1.29 is 13.2 Å². The predicted molar refractivity (Wildman–Crippen MR) is 94.1 cm³/mol. The van der Waals surface area contributed by atoms with Gasteiger partial charge in [-0.05, 0) is 42.8 Å². The molecule has 0 spiro atoms. The molecule has 2 aromatic rings. The fourth-order valence-corrected chi connectivity index (χ4v) is 2.78. The molecule has 2 N–H and O–H groups in total. The van der Waals surface area contributed by atoms with Crippen LogP contribution >= 0.6 is 23.2 Å². The van der Waals surface area contributed by atoms with Gasteiger partial charge in [0.2, 0.25) is 10.0 Å². The highest BCUT2D eigenvalue weighted by Crippen LogP contribution is 2.24. The summed E-state index contributed by atoms with van der Waals surface area (Å²) in [6.45, 7) is 1.85. The van der Waals surface area contributed by atoms with E-state index in [1.165, 1.54) is 18.2 Å². The average Bonchev–Trinajstić information content (AvgIpc) is 2.43. The summed E-state index contributed by atoms with van der Waals surface area (Å²) in [5.41, 5.74) is 1.81. The number of amides is 1. The van der Waals surface area contributed by atoms with Crippen LogP contribution in [0.25, 0.3) is 0 Å². The van der Waals surface area contributed by atoms with Crippen molar-refractivity contribution in [2.75, 3.05) is 16.3 Å². The lowest BCUT2D eigenvalue weighted by Gasteiger charge is -2.10. The van der Waals surface area contributed by atoms with Crippen molar-refractivity contribution in [3.8, 4) is 0 Å². The van der Waals surface area contributed by atoms with E-state index >= 15 is 0 Å². The SMILES string of the molecule is Cc1ccc(NC(=O)c2cc(NS(C)(=O)=O)ccc2Cl)cc1Cl. The molecule has 5 nitrogen and oxygen atoms in total. The largest absolute Gasteiger partial charge is 0.322 e. The molecule has 8 heteroatoms. The van der Waals surface area contributed by atoms with Crippen LogP contribution in [0.2, 0.25) is 10.0 Å². The molecule has 2 aromatic carbocycles. The molecule has 0 aliphatic carbocycles. The van der Waals surface area contributed by atoms with Crippen LogP contribution in [0.15, 0.2) is 36.4 Å². The molecule has 23 heavy (non-hydrogen) atoms. The van der Waals surface area contributed by atoms with Gasteiger partial charge in [-0.15, -0.1) is 0 Å². The van der Waals surface area contributed by atoms with Gasteiger partial charge in [-0.1, -0.05) is 29.3 Å². The standard InChI is InChI=1S/C15H14Cl2N2O3S/c1-9-3-4-10(8-14(9)17)18-15(20)12-7-11(5-6-13(12)16)19-23(2,21)22/h3-8,19H,1-2H3,(H,18,20). The molecule has 0 aliphatic heterocycles. The maximum absolute atomic E-state index is 12.3. The first-order valence-electron chi connectivity index (χ1n) is 6.50. The van der Waals surface area contributed by atoms with Gasteiger partial charge in [-0.2, -0.15) is 0 Å². The molecule has 0 heterocycles. The highest BCUT2D eigenvalue weighted by Gasteiger charge is 2.13. The summed E-state index contributed by atoms with van der Waals surface area (Å²) < 4.78 is 24.8. The number of benzene rings is 2. The fourth-order valence-electron chi connectivity index (χ4n) is 1.85. The Morgan fingerprint density at radius 2 is 1.65 bits per heavy atom. The highest BCUT2D eigenvalue weighted by atomic mass is 35.5. The van der Waals surface area contributed by atoms with E-state index in [4.69, 9.17) is 23.2 Å². The molecule has 1 amide bonds. The summed E-state index contributed by atoms with van der Waals surface area (Å²) >= 11 is 12.0. The zero-order valence-corrected chi connectivity index (χ0v) is 14.7. The van der Waals surface area contributed by atoms with E-state index in [1.807, 2.05) is 6.92 Å². The Bertz CT molecular complexity index is 867. The van der Waals surface area contributed by atoms with Crippen molar-refractivity contribution in [1.29, 1.82) is 0 Å². The number of aryl methyl sites for hydroxylation is 1. The monoisotopic (exact) mass is 372 g/mol. The summed E-state index contributed by atoms with van der Waals surface area (Å²) in [5.74, 6) is -0.466. The minimum Gasteiger partial charge on any atom is -0.322 e. The molecule has 0 aliphatic rings. The number of hydrogen-bond donors (Lipinski definition) is 2. The van der Waals surface area contributed by atoms with Crippen LogP contribution in [-0.4, -0.2) is 20.6 Å². The van der Waals surface area contributed by atoms with Gasteiger partial charge in [0, 0.05) is 16.4 Å². The zero-order chi connectivity index (χ0) is 17.2. The Morgan fingerprint density at radius 3 is 2.26 bits per heavy atom. The minimum atomic E-state index is -3.44. The summed E-state index contributed by atoms with van der Waals surface area (Å²) in [6, 6.07) is 9.41. The molecular weight excluding hydrogens is 359 g/mol. The third kappa shape index (κ3) is 4.86. The number of rotatable bonds is 4. The molecule has 0 saturated heterocycles. The van der Waals surface area contributed by atoms with Crippen molar-refractivity contribution >= 4 is 50.5 Å². The maximum atomic E-state index is 12.3. The fraction of sp³-hybridized carbons (Fsp3) is 0.133. The first-order chi connectivity index (χ1) is 10.7. The minimum absolute atomic E-state index is 0.150. The zero-order valence-electron chi connectivity index (χ0n) is 12.4. The number of carbonyl (C=O) groups excluding carboxylic acids is 1. The van der Waals surface area contributed by atoms with Gasteiger partial charge in [-0.3, -0.25) is 9.52 Å². The van der Waals surface area contributed by atoms with Crippen LogP contribution < -0.4 is 10.0 Å². The Labute approximate surface area is 144 Å². The smallest absolute Gasteiger partial charge is 0.257 e. The second kappa shape index (κ2) is 6.78. The Kier molecular flexibility index (Phi) is 5.19. The second-order valence-electron chi connectivity index (χ2n) is 4.99. The van der Waals surface area contributed by atoms with Crippen LogP contribution in [0.5, 0.6) is 0 Å². The van der Waals surface area contributed by atoms with Crippen molar-refractivity contribution in [1.82, 2.24) is 0 Å². The quantitative estimate of drug-likeness (QED) is 0.853. The molecule has 0 atom stereocenters. The molecule has 0 fully saturated rings. The molecule has 0 unspecified atom stereocenters. The van der Waals surface area contributed by atoms with Gasteiger partial charge in [0.1, 0.15) is 0 Å². The van der Waals surface area contributed by atoms with E-state index in [0.29, 0.717) is 10.7 Å². The molecule has 122 valence electrons. The van der Waals surface area contributed by atoms with E-state index in [9.17, 15) is 13.2 Å². The number of sulfonamides is 1. The van der Waals surface area contributed by atoms with E-state index in [2.05, 4.69) is 10.0 Å². The number of carbonyl (C=O) groups is 1. The van der Waals surface area contributed by atoms with Crippen molar-refractivity contribution in [2.45, 2.75) is 6.92 Å². The summed E-state index contributed by atoms with van der Waals surface area (Å²) in [7, 11) is -3.44. The van der Waals surface area contributed by atoms with Gasteiger partial charge in [-0.25, -0.2) is 8.42 Å². The van der Waals surface area contributed by atoms with Gasteiger partial charge in [0.25, 0.3) is 5.91 Å². The van der Waals surface area contributed by atoms with E-state index in [0.717, 1.165) is 11.8 Å². The lowest BCUT2D eigenvalue weighted by atomic mass is 10.1. The highest BCUT2D eigenvalue weighted by molar-refractivity contribution is 7.92. The van der Waals surface area contributed by atoms with Crippen molar-refractivity contribution in [3.63, 3.8) is 0 Å². The van der Waals surface area contributed by atoms with E-state index < -0.39 is 15.9 Å². The lowest BCUT2D eigenvalue weighted by molar-refractivity contribution is 0.102. The van der Waals surface area contributed by atoms with Gasteiger partial charge < -0.3 is 5.32 Å². The molecular formula is C15H14Cl2N2O3S. The van der Waals surface area contributed by atoms with Crippen molar-refractivity contribution in [2.24, 2.45) is 0 Å². The van der Waals surface area contributed by atoms with Gasteiger partial charge in [0.15, 0.2) is 0 Å². The third-order valence-electron chi connectivity index (χ3n) is 2.94. The Hall–Kier alpha value is -1.76. The topological polar surface area (TPSA) is 75.3 Å². The Balaban J connectivity index is 2.27. The number of anilines is 2. The van der Waals surface area contributed by atoms with Gasteiger partial charge in [0.05, 0.1) is 16.8 Å². The average molecular weight is 373 g/mol. The number of nitrogens with one attached hydrogen (secondary N) is 2. The van der Waals surface area contributed by atoms with Crippen LogP contribution in [0.4, 0.5) is 11.4 Å². The van der Waals surface area contributed by atoms with Crippen LogP contribution in [0, 0.1) is 6.92 Å². The van der Waals surface area contributed by atoms with E-state index in [1.54, 1.807) is 18.2 Å². The second-order valence-corrected chi connectivity index (χ2v) is 7.55. The normalized spacial score (nSPS) is 11.1. The Morgan fingerprint density at radius 1 is 1.00 bits per heavy atom. The van der Waals surface area contributed by atoms with Crippen LogP contribution in [0.1, 0.15) is 15.9 Å². The maximum Gasteiger partial charge on any atom is 0.257 e. The first kappa shape index (κ1) is 17.6. The summed E-state index contributed by atoms with van der Waals surface area (Å²) in [6.07, 6.45) is 1.02. The third-order valence-corrected chi connectivity index (χ3v) is 4.29. The summed E-state index contributed by atoms with van der Waals surface area (Å²) in [5, 5.41) is 3.41. The van der Waals surface area contributed by atoms with Gasteiger partial charge >= 0.3 is 0 Å². The first-order valence-corrected chi connectivity index (χ1v) is 9.15. The molecule has 0 radical (unpaired) electrons. The van der Waals surface area contributed by atoms with Crippen LogP contribution in [0.3, 0.4) is 0 Å². The van der Waals surface area contributed by atoms with Crippen molar-refractivity contribution in [3.05, 3.63) is 57.6 Å². The predicted octanol–water partition coefficient (Wildman–Crippen LogP) is 3.93. The molecule has 0 saturated carbocycles. The van der Waals surface area contributed by atoms with E-state index in [-0.39, 0.29) is 16.3 Å². The molecule has 0 aromatic heterocycles. The van der Waals surface area contributed by atoms with Crippen LogP contribution in [-0.2, 0) is 10.0 Å². The molecule has 2 rings (SSSR count). The summed E-state index contributed by atoms with van der Waals surface area (Å²) in [4.78, 5) is 12.3.